The van der Waals surface area contributed by atoms with E-state index in [0.29, 0.717) is 104 Å². The Balaban J connectivity index is 0.627. The van der Waals surface area contributed by atoms with Crippen LogP contribution in [0.15, 0.2) is 51.3 Å². The van der Waals surface area contributed by atoms with Gasteiger partial charge >= 0.3 is 6.03 Å². The third kappa shape index (κ3) is 12.7. The quantitative estimate of drug-likeness (QED) is 0.106. The van der Waals surface area contributed by atoms with Crippen LogP contribution in [0.4, 0.5) is 19.3 Å². The van der Waals surface area contributed by atoms with E-state index in [0.717, 1.165) is 59.7 Å². The molecule has 0 radical (unpaired) electrons. The molecule has 1 aromatic rings. The molecule has 9 rings (SSSR count). The maximum atomic E-state index is 15.0. The van der Waals surface area contributed by atoms with Crippen LogP contribution < -0.4 is 16.0 Å². The van der Waals surface area contributed by atoms with Crippen LogP contribution in [-0.2, 0) is 38.1 Å². The first-order chi connectivity index (χ1) is 37.8. The van der Waals surface area contributed by atoms with E-state index in [4.69, 9.17) is 28.8 Å². The number of anilines is 1. The molecule has 7 aliphatic heterocycles. The lowest BCUT2D eigenvalue weighted by Crippen LogP contribution is -2.56. The number of allylic oxidation sites excluding steroid dienone is 3. The Morgan fingerprint density at radius 1 is 0.833 bits per heavy atom. The molecule has 0 saturated carbocycles. The minimum absolute atomic E-state index is 0.000892. The number of carbonyl (C=O) groups excluding carboxylic acids is 6. The van der Waals surface area contributed by atoms with Crippen molar-refractivity contribution in [2.75, 3.05) is 125 Å². The first-order valence-electron chi connectivity index (χ1n) is 27.7. The van der Waals surface area contributed by atoms with Gasteiger partial charge in [0.15, 0.2) is 0 Å². The minimum Gasteiger partial charge on any atom is -0.382 e. The fourth-order valence-corrected chi connectivity index (χ4v) is 12.1. The number of halogens is 2. The molecule has 8 aliphatic rings. The molecule has 0 spiro atoms. The molecule has 7 amide bonds. The van der Waals surface area contributed by atoms with E-state index in [1.54, 1.807) is 25.2 Å². The van der Waals surface area contributed by atoms with Gasteiger partial charge in [0.2, 0.25) is 24.1 Å². The largest absolute Gasteiger partial charge is 0.382 e. The third-order valence-corrected chi connectivity index (χ3v) is 16.3. The maximum absolute atomic E-state index is 15.0. The first kappa shape index (κ1) is 56.6. The van der Waals surface area contributed by atoms with Crippen LogP contribution in [0.5, 0.6) is 0 Å². The topological polar surface area (TPSA) is 229 Å². The number of imide groups is 2. The number of urea groups is 1. The molecule has 0 bridgehead atoms. The minimum atomic E-state index is -2.52. The summed E-state index contributed by atoms with van der Waals surface area (Å²) in [5.41, 5.74) is 3.64. The summed E-state index contributed by atoms with van der Waals surface area (Å²) in [7, 11) is 3.52. The number of benzene rings is 1. The highest BCUT2D eigenvalue weighted by atomic mass is 19.3. The summed E-state index contributed by atoms with van der Waals surface area (Å²) in [6.45, 7) is 8.87. The number of piperidine rings is 3. The van der Waals surface area contributed by atoms with Gasteiger partial charge in [-0.15, -0.1) is 0 Å². The number of carbonyl (C=O) groups is 6. The van der Waals surface area contributed by atoms with Crippen molar-refractivity contribution in [3.05, 3.63) is 52.2 Å². The highest BCUT2D eigenvalue weighted by Gasteiger charge is 2.50. The lowest BCUT2D eigenvalue weighted by Gasteiger charge is -2.44. The number of nitrogens with zero attached hydrogens (tertiary/aromatic N) is 8. The van der Waals surface area contributed by atoms with Gasteiger partial charge in [0.1, 0.15) is 11.9 Å². The van der Waals surface area contributed by atoms with Gasteiger partial charge in [0.25, 0.3) is 11.8 Å². The van der Waals surface area contributed by atoms with E-state index >= 15 is 0 Å². The van der Waals surface area contributed by atoms with E-state index in [1.165, 1.54) is 0 Å². The molecule has 3 saturated heterocycles. The number of nitrogens with one attached hydrogen (secondary N) is 3. The molecule has 1 aliphatic carbocycles. The number of hydrogen-bond acceptors (Lipinski definition) is 17. The molecule has 3 N–H and O–H groups in total. The third-order valence-electron chi connectivity index (χ3n) is 16.3. The van der Waals surface area contributed by atoms with Gasteiger partial charge in [-0.3, -0.25) is 44.2 Å². The molecule has 6 atom stereocenters. The fraction of sp³-hybridized carbons (Fsp3) is 0.667. The summed E-state index contributed by atoms with van der Waals surface area (Å²) >= 11 is 0. The van der Waals surface area contributed by atoms with Crippen molar-refractivity contribution >= 4 is 53.3 Å². The molecule has 78 heavy (non-hydrogen) atoms. The van der Waals surface area contributed by atoms with E-state index in [-0.39, 0.29) is 85.3 Å². The average molecular weight is 1090 g/mol. The van der Waals surface area contributed by atoms with Crippen LogP contribution in [-0.4, -0.2) is 227 Å². The normalized spacial score (nSPS) is 25.5. The molecular formula is C54H75F2N11O11. The monoisotopic (exact) mass is 1090 g/mol. The molecule has 1 aromatic carbocycles. The number of fused-ring (bicyclic) bond motifs is 2. The molecule has 426 valence electrons. The molecule has 22 nitrogen and oxygen atoms in total. The second-order valence-electron chi connectivity index (χ2n) is 20.9. The second-order valence-corrected chi connectivity index (χ2v) is 20.9. The zero-order chi connectivity index (χ0) is 54.9. The Morgan fingerprint density at radius 3 is 2.17 bits per heavy atom. The van der Waals surface area contributed by atoms with Crippen LogP contribution in [0, 0.1) is 17.8 Å². The van der Waals surface area contributed by atoms with Crippen molar-refractivity contribution in [1.82, 2.24) is 40.3 Å². The predicted molar refractivity (Wildman–Crippen MR) is 281 cm³/mol. The molecule has 7 heterocycles. The van der Waals surface area contributed by atoms with Crippen molar-refractivity contribution in [3.63, 3.8) is 0 Å². The Labute approximate surface area is 453 Å². The Morgan fingerprint density at radius 2 is 1.51 bits per heavy atom. The SMILES string of the molecule is CNC(=O)N1CCC2C(C1)C(N1CCCC3=C1CC(C(F)F)C(C1C=NN(C)C1C)=C3)=NN2C1CCN(C(=O)CCOCCOCCOCCOCCOCCNc2cccc3c2C(=O)N(C2CCC(=O)NC2=O)C3=O)CC1. The summed E-state index contributed by atoms with van der Waals surface area (Å²) in [4.78, 5) is 83.4. The highest BCUT2D eigenvalue weighted by Crippen LogP contribution is 2.45. The highest BCUT2D eigenvalue weighted by molar-refractivity contribution is 6.25. The lowest BCUT2D eigenvalue weighted by atomic mass is 9.76. The van der Waals surface area contributed by atoms with Crippen LogP contribution in [0.1, 0.15) is 85.4 Å². The zero-order valence-electron chi connectivity index (χ0n) is 45.0. The van der Waals surface area contributed by atoms with Gasteiger partial charge in [-0.25, -0.2) is 13.6 Å². The number of hydrazone groups is 2. The number of amides is 7. The van der Waals surface area contributed by atoms with Crippen molar-refractivity contribution in [3.8, 4) is 0 Å². The van der Waals surface area contributed by atoms with Gasteiger partial charge in [-0.05, 0) is 63.2 Å². The second kappa shape index (κ2) is 26.3. The molecule has 3 fully saturated rings. The number of likely N-dealkylation sites (tertiary alicyclic amines) is 2. The smallest absolute Gasteiger partial charge is 0.317 e. The lowest BCUT2D eigenvalue weighted by molar-refractivity contribution is -0.136. The van der Waals surface area contributed by atoms with Gasteiger partial charge in [-0.1, -0.05) is 17.7 Å². The molecule has 0 aromatic heterocycles. The average Bonchev–Trinajstić information content (AvgIpc) is 4.27. The number of alkyl halides is 2. The van der Waals surface area contributed by atoms with E-state index in [2.05, 4.69) is 31.0 Å². The predicted octanol–water partition coefficient (Wildman–Crippen LogP) is 3.12. The van der Waals surface area contributed by atoms with E-state index in [9.17, 15) is 37.5 Å². The number of amidine groups is 1. The summed E-state index contributed by atoms with van der Waals surface area (Å²) in [5, 5.41) is 22.0. The van der Waals surface area contributed by atoms with Gasteiger partial charge < -0.3 is 49.0 Å². The summed E-state index contributed by atoms with van der Waals surface area (Å²) in [5.74, 6) is -2.49. The molecule has 6 unspecified atom stereocenters. The number of hydrogen-bond donors (Lipinski definition) is 3. The summed E-state index contributed by atoms with van der Waals surface area (Å²) < 4.78 is 58.1. The van der Waals surface area contributed by atoms with E-state index < -0.39 is 42.0 Å². The van der Waals surface area contributed by atoms with Crippen molar-refractivity contribution in [1.29, 1.82) is 0 Å². The number of ether oxygens (including phenoxy) is 5. The summed E-state index contributed by atoms with van der Waals surface area (Å²) in [6.07, 6.45) is 5.88. The molecule has 24 heteroatoms. The van der Waals surface area contributed by atoms with E-state index in [1.807, 2.05) is 41.1 Å². The first-order valence-corrected chi connectivity index (χ1v) is 27.7. The molecular weight excluding hydrogens is 1020 g/mol. The van der Waals surface area contributed by atoms with Crippen molar-refractivity contribution in [2.24, 2.45) is 28.0 Å². The van der Waals surface area contributed by atoms with Crippen molar-refractivity contribution in [2.45, 2.75) is 95.3 Å². The van der Waals surface area contributed by atoms with Gasteiger partial charge in [0, 0.05) is 95.6 Å². The van der Waals surface area contributed by atoms with Crippen LogP contribution >= 0.6 is 0 Å². The fourth-order valence-electron chi connectivity index (χ4n) is 12.1. The standard InChI is InChI=1S/C54H75F2N11O11/c1-34-40(32-59-62(34)3)38-30-35-6-5-16-65(45(35)31-39(38)49(55)56)50-41-33-64(54(73)57-2)19-13-43(41)67(61-50)36-11-17-63(18-12-36)47(69)14-20-74-22-24-76-26-28-78-29-27-77-25-23-75-21-15-58-42-8-4-7-37-48(42)53(72)66(52(37)71)44-9-10-46(68)60-51(44)70/h4,7-8,30,32,34,36,39-41,43-44,49,58H,5-6,9-29,31,33H2,1-3H3,(H,57,73)(H,60,68,70). The summed E-state index contributed by atoms with van der Waals surface area (Å²) in [6, 6.07) is 3.88. The Kier molecular flexibility index (Phi) is 19.1. The van der Waals surface area contributed by atoms with Crippen LogP contribution in [0.2, 0.25) is 0 Å². The maximum Gasteiger partial charge on any atom is 0.317 e. The zero-order valence-corrected chi connectivity index (χ0v) is 45.0. The Bertz CT molecular complexity index is 2500. The van der Waals surface area contributed by atoms with Gasteiger partial charge in [0.05, 0.1) is 108 Å². The Hall–Kier alpha value is -6.08. The van der Waals surface area contributed by atoms with Crippen LogP contribution in [0.3, 0.4) is 0 Å². The van der Waals surface area contributed by atoms with Crippen molar-refractivity contribution < 1.29 is 61.2 Å². The number of rotatable bonds is 23. The van der Waals surface area contributed by atoms with Gasteiger partial charge in [-0.2, -0.15) is 10.2 Å². The van der Waals surface area contributed by atoms with Crippen LogP contribution in [0.25, 0.3) is 0 Å².